The van der Waals surface area contributed by atoms with Gasteiger partial charge in [0.15, 0.2) is 5.82 Å². The van der Waals surface area contributed by atoms with Crippen molar-refractivity contribution >= 4 is 5.91 Å². The lowest BCUT2D eigenvalue weighted by Crippen LogP contribution is -2.32. The van der Waals surface area contributed by atoms with E-state index in [4.69, 9.17) is 9.26 Å². The molecule has 1 aromatic carbocycles. The number of aromatic nitrogens is 2. The number of nitrogens with one attached hydrogen (secondary N) is 1. The van der Waals surface area contributed by atoms with Crippen molar-refractivity contribution in [2.45, 2.75) is 51.5 Å². The monoisotopic (exact) mass is 343 g/mol. The number of hydrogen-bond donors (Lipinski definition) is 1. The van der Waals surface area contributed by atoms with Gasteiger partial charge >= 0.3 is 0 Å². The van der Waals surface area contributed by atoms with Crippen LogP contribution >= 0.6 is 0 Å². The number of aryl methyl sites for hydroxylation is 1. The molecule has 1 fully saturated rings. The van der Waals surface area contributed by atoms with Crippen LogP contribution in [0.4, 0.5) is 0 Å². The molecule has 0 aliphatic heterocycles. The Bertz CT molecular complexity index is 705. The Hall–Kier alpha value is -2.37. The van der Waals surface area contributed by atoms with Crippen LogP contribution < -0.4 is 10.1 Å². The van der Waals surface area contributed by atoms with Gasteiger partial charge in [-0.25, -0.2) is 0 Å². The van der Waals surface area contributed by atoms with Crippen LogP contribution in [0.3, 0.4) is 0 Å². The molecule has 3 rings (SSSR count). The molecule has 0 radical (unpaired) electrons. The average Bonchev–Trinajstić information content (AvgIpc) is 3.36. The lowest BCUT2D eigenvalue weighted by molar-refractivity contribution is -0.122. The third kappa shape index (κ3) is 4.59. The van der Waals surface area contributed by atoms with E-state index in [0.717, 1.165) is 30.0 Å². The number of carbonyl (C=O) groups is 1. The highest BCUT2D eigenvalue weighted by Crippen LogP contribution is 2.38. The molecule has 1 aliphatic carbocycles. The highest BCUT2D eigenvalue weighted by Gasteiger charge is 2.31. The van der Waals surface area contributed by atoms with E-state index in [1.54, 1.807) is 7.11 Å². The molecule has 1 aromatic heterocycles. The Balaban J connectivity index is 1.56. The summed E-state index contributed by atoms with van der Waals surface area (Å²) in [6, 6.07) is 7.52. The van der Waals surface area contributed by atoms with Gasteiger partial charge in [-0.1, -0.05) is 31.1 Å². The van der Waals surface area contributed by atoms with Crippen molar-refractivity contribution in [2.75, 3.05) is 7.11 Å². The van der Waals surface area contributed by atoms with E-state index in [-0.39, 0.29) is 17.9 Å². The molecule has 2 aromatic rings. The lowest BCUT2D eigenvalue weighted by atomic mass is 10.0. The van der Waals surface area contributed by atoms with Crippen LogP contribution in [0.5, 0.6) is 5.75 Å². The largest absolute Gasteiger partial charge is 0.497 e. The maximum atomic E-state index is 12.4. The molecule has 25 heavy (non-hydrogen) atoms. The van der Waals surface area contributed by atoms with Crippen LogP contribution in [0.15, 0.2) is 28.8 Å². The molecule has 0 unspecified atom stereocenters. The molecule has 134 valence electrons. The molecule has 1 heterocycles. The first-order valence-electron chi connectivity index (χ1n) is 8.82. The van der Waals surface area contributed by atoms with Crippen molar-refractivity contribution in [1.82, 2.24) is 15.5 Å². The SMILES string of the molecule is COc1ccc(CCC(=O)N[C@H](c2nc(C3CC3)no2)C(C)C)cc1. The topological polar surface area (TPSA) is 77.2 Å². The quantitative estimate of drug-likeness (QED) is 0.795. The second kappa shape index (κ2) is 7.68. The third-order valence-corrected chi connectivity index (χ3v) is 4.45. The normalized spacial score (nSPS) is 15.2. The minimum Gasteiger partial charge on any atom is -0.497 e. The van der Waals surface area contributed by atoms with Gasteiger partial charge in [-0.3, -0.25) is 4.79 Å². The molecular formula is C19H25N3O3. The highest BCUT2D eigenvalue weighted by atomic mass is 16.5. The Morgan fingerprint density at radius 3 is 2.64 bits per heavy atom. The fraction of sp³-hybridized carbons (Fsp3) is 0.526. The summed E-state index contributed by atoms with van der Waals surface area (Å²) in [4.78, 5) is 16.8. The second-order valence-corrected chi connectivity index (χ2v) is 6.90. The summed E-state index contributed by atoms with van der Waals surface area (Å²) in [5.74, 6) is 2.70. The molecular weight excluding hydrogens is 318 g/mol. The van der Waals surface area contributed by atoms with E-state index in [9.17, 15) is 4.79 Å². The van der Waals surface area contributed by atoms with Gasteiger partial charge in [-0.2, -0.15) is 4.98 Å². The Morgan fingerprint density at radius 1 is 1.32 bits per heavy atom. The maximum Gasteiger partial charge on any atom is 0.249 e. The van der Waals surface area contributed by atoms with Crippen LogP contribution in [0, 0.1) is 5.92 Å². The molecule has 0 bridgehead atoms. The van der Waals surface area contributed by atoms with E-state index < -0.39 is 0 Å². The summed E-state index contributed by atoms with van der Waals surface area (Å²) in [5, 5.41) is 7.09. The number of carbonyl (C=O) groups excluding carboxylic acids is 1. The van der Waals surface area contributed by atoms with E-state index in [1.807, 2.05) is 38.1 Å². The van der Waals surface area contributed by atoms with Crippen LogP contribution in [-0.4, -0.2) is 23.2 Å². The third-order valence-electron chi connectivity index (χ3n) is 4.45. The Morgan fingerprint density at radius 2 is 2.04 bits per heavy atom. The van der Waals surface area contributed by atoms with Gasteiger partial charge in [-0.05, 0) is 42.9 Å². The second-order valence-electron chi connectivity index (χ2n) is 6.90. The number of nitrogens with zero attached hydrogens (tertiary/aromatic N) is 2. The molecule has 0 spiro atoms. The molecule has 1 atom stereocenters. The Labute approximate surface area is 148 Å². The zero-order valence-electron chi connectivity index (χ0n) is 15.0. The van der Waals surface area contributed by atoms with E-state index in [1.165, 1.54) is 0 Å². The Kier molecular flexibility index (Phi) is 5.36. The molecule has 0 saturated heterocycles. The fourth-order valence-corrected chi connectivity index (χ4v) is 2.69. The lowest BCUT2D eigenvalue weighted by Gasteiger charge is -2.18. The summed E-state index contributed by atoms with van der Waals surface area (Å²) in [6.07, 6.45) is 3.34. The zero-order chi connectivity index (χ0) is 17.8. The number of ether oxygens (including phenoxy) is 1. The number of amides is 1. The first kappa shape index (κ1) is 17.5. The molecule has 1 N–H and O–H groups in total. The van der Waals surface area contributed by atoms with Crippen molar-refractivity contribution in [1.29, 1.82) is 0 Å². The smallest absolute Gasteiger partial charge is 0.249 e. The first-order valence-corrected chi connectivity index (χ1v) is 8.82. The molecule has 1 amide bonds. The van der Waals surface area contributed by atoms with E-state index in [2.05, 4.69) is 15.5 Å². The van der Waals surface area contributed by atoms with Crippen LogP contribution in [-0.2, 0) is 11.2 Å². The van der Waals surface area contributed by atoms with Gasteiger partial charge in [-0.15, -0.1) is 0 Å². The van der Waals surface area contributed by atoms with Crippen molar-refractivity contribution in [2.24, 2.45) is 5.92 Å². The summed E-state index contributed by atoms with van der Waals surface area (Å²) < 4.78 is 10.5. The predicted molar refractivity (Wildman–Crippen MR) is 93.3 cm³/mol. The highest BCUT2D eigenvalue weighted by molar-refractivity contribution is 5.76. The van der Waals surface area contributed by atoms with Gasteiger partial charge in [0.2, 0.25) is 11.8 Å². The molecule has 6 nitrogen and oxygen atoms in total. The summed E-state index contributed by atoms with van der Waals surface area (Å²) in [6.45, 7) is 4.07. The minimum atomic E-state index is -0.247. The van der Waals surface area contributed by atoms with Crippen molar-refractivity contribution in [3.8, 4) is 5.75 Å². The van der Waals surface area contributed by atoms with Gasteiger partial charge in [0.25, 0.3) is 0 Å². The standard InChI is InChI=1S/C19H25N3O3/c1-12(2)17(19-21-18(22-25-19)14-7-8-14)20-16(23)11-6-13-4-9-15(24-3)10-5-13/h4-5,9-10,12,14,17H,6-8,11H2,1-3H3,(H,20,23)/t17-/m0/s1. The fourth-order valence-electron chi connectivity index (χ4n) is 2.69. The number of methoxy groups -OCH3 is 1. The zero-order valence-corrected chi connectivity index (χ0v) is 15.0. The predicted octanol–water partition coefficient (Wildman–Crippen LogP) is 3.40. The first-order chi connectivity index (χ1) is 12.1. The summed E-state index contributed by atoms with van der Waals surface area (Å²) >= 11 is 0. The van der Waals surface area contributed by atoms with Gasteiger partial charge < -0.3 is 14.6 Å². The number of benzene rings is 1. The minimum absolute atomic E-state index is 0.0133. The van der Waals surface area contributed by atoms with Gasteiger partial charge in [0.1, 0.15) is 11.8 Å². The van der Waals surface area contributed by atoms with Gasteiger partial charge in [0.05, 0.1) is 7.11 Å². The van der Waals surface area contributed by atoms with Crippen LogP contribution in [0.1, 0.15) is 62.3 Å². The number of rotatable bonds is 8. The summed E-state index contributed by atoms with van der Waals surface area (Å²) in [5.41, 5.74) is 1.10. The van der Waals surface area contributed by atoms with E-state index >= 15 is 0 Å². The molecule has 1 saturated carbocycles. The van der Waals surface area contributed by atoms with Crippen LogP contribution in [0.2, 0.25) is 0 Å². The van der Waals surface area contributed by atoms with Crippen molar-refractivity contribution in [3.05, 3.63) is 41.5 Å². The molecule has 6 heteroatoms. The average molecular weight is 343 g/mol. The van der Waals surface area contributed by atoms with Gasteiger partial charge in [0, 0.05) is 12.3 Å². The van der Waals surface area contributed by atoms with E-state index in [0.29, 0.717) is 24.7 Å². The molecule has 1 aliphatic rings. The maximum absolute atomic E-state index is 12.4. The van der Waals surface area contributed by atoms with Crippen LogP contribution in [0.25, 0.3) is 0 Å². The van der Waals surface area contributed by atoms with Crippen molar-refractivity contribution < 1.29 is 14.1 Å². The number of hydrogen-bond acceptors (Lipinski definition) is 5. The summed E-state index contributed by atoms with van der Waals surface area (Å²) in [7, 11) is 1.64. The van der Waals surface area contributed by atoms with Crippen molar-refractivity contribution in [3.63, 3.8) is 0 Å².